The Kier molecular flexibility index (Phi) is 5.42. The summed E-state index contributed by atoms with van der Waals surface area (Å²) in [5.74, 6) is -0.113. The number of fused-ring (bicyclic) bond motifs is 3. The minimum Gasteiger partial charge on any atom is -0.506 e. The highest BCUT2D eigenvalue weighted by Crippen LogP contribution is 2.44. The molecule has 7 heteroatoms. The molecule has 0 spiro atoms. The lowest BCUT2D eigenvalue weighted by Crippen LogP contribution is -2.41. The van der Waals surface area contributed by atoms with Crippen molar-refractivity contribution >= 4 is 24.4 Å². The van der Waals surface area contributed by atoms with Crippen LogP contribution in [0.25, 0.3) is 11.1 Å². The summed E-state index contributed by atoms with van der Waals surface area (Å²) in [6, 6.07) is 21.3. The molecule has 0 saturated carbocycles. The Labute approximate surface area is 200 Å². The molecule has 0 bridgehead atoms. The molecule has 1 amide bonds. The summed E-state index contributed by atoms with van der Waals surface area (Å²) in [5.41, 5.74) is 4.60. The second-order valence-corrected chi connectivity index (χ2v) is 9.82. The maximum absolute atomic E-state index is 12.6. The van der Waals surface area contributed by atoms with Gasteiger partial charge in [0.15, 0.2) is 0 Å². The number of carbonyl (C=O) groups excluding carboxylic acids is 1. The molecule has 0 radical (unpaired) electrons. The van der Waals surface area contributed by atoms with Crippen molar-refractivity contribution in [3.63, 3.8) is 0 Å². The number of benzene rings is 3. The van der Waals surface area contributed by atoms with Crippen LogP contribution in [0.1, 0.15) is 44.7 Å². The Balaban J connectivity index is 1.25. The van der Waals surface area contributed by atoms with Crippen molar-refractivity contribution in [2.24, 2.45) is 0 Å². The topological polar surface area (TPSA) is 77.0 Å². The summed E-state index contributed by atoms with van der Waals surface area (Å²) in [5, 5.41) is 13.2. The lowest BCUT2D eigenvalue weighted by atomic mass is 9.79. The van der Waals surface area contributed by atoms with Gasteiger partial charge in [0.2, 0.25) is 0 Å². The van der Waals surface area contributed by atoms with Gasteiger partial charge in [-0.05, 0) is 67.5 Å². The van der Waals surface area contributed by atoms with Gasteiger partial charge < -0.3 is 19.2 Å². The summed E-state index contributed by atoms with van der Waals surface area (Å²) in [4.78, 5) is 12.6. The predicted molar refractivity (Wildman–Crippen MR) is 133 cm³/mol. The highest BCUT2D eigenvalue weighted by Gasteiger charge is 2.51. The van der Waals surface area contributed by atoms with Crippen molar-refractivity contribution in [1.82, 2.24) is 0 Å². The maximum Gasteiger partial charge on any atom is 0.494 e. The van der Waals surface area contributed by atoms with Gasteiger partial charge in [-0.1, -0.05) is 54.6 Å². The van der Waals surface area contributed by atoms with E-state index in [-0.39, 0.29) is 24.0 Å². The second-order valence-electron chi connectivity index (χ2n) is 9.82. The lowest BCUT2D eigenvalue weighted by molar-refractivity contribution is 0.00578. The van der Waals surface area contributed by atoms with E-state index >= 15 is 0 Å². The zero-order valence-electron chi connectivity index (χ0n) is 19.8. The summed E-state index contributed by atoms with van der Waals surface area (Å²) in [6.07, 6.45) is -0.624. The Hall–Kier alpha value is -3.29. The van der Waals surface area contributed by atoms with E-state index in [9.17, 15) is 9.90 Å². The largest absolute Gasteiger partial charge is 0.506 e. The molecule has 174 valence electrons. The smallest absolute Gasteiger partial charge is 0.494 e. The number of nitrogens with one attached hydrogen (secondary N) is 1. The van der Waals surface area contributed by atoms with Crippen molar-refractivity contribution in [2.45, 2.75) is 44.8 Å². The van der Waals surface area contributed by atoms with E-state index in [1.807, 2.05) is 52.0 Å². The van der Waals surface area contributed by atoms with E-state index in [0.717, 1.165) is 11.1 Å². The fraction of sp³-hybridized carbons (Fsp3) is 0.296. The number of amides is 1. The SMILES string of the molecule is CC1(C)OB(c2ccc(NC(=O)OCC3c4ccccc4-c4ccccc43)c(O)c2)OC1(C)C. The first-order valence-corrected chi connectivity index (χ1v) is 11.5. The van der Waals surface area contributed by atoms with E-state index in [2.05, 4.69) is 29.6 Å². The lowest BCUT2D eigenvalue weighted by Gasteiger charge is -2.32. The Bertz CT molecular complexity index is 1190. The summed E-state index contributed by atoms with van der Waals surface area (Å²) >= 11 is 0. The van der Waals surface area contributed by atoms with Gasteiger partial charge in [-0.3, -0.25) is 5.32 Å². The first-order chi connectivity index (χ1) is 16.2. The van der Waals surface area contributed by atoms with Gasteiger partial charge in [0.25, 0.3) is 0 Å². The Morgan fingerprint density at radius 3 is 2.06 bits per heavy atom. The predicted octanol–water partition coefficient (Wildman–Crippen LogP) is 5.05. The number of phenolic OH excluding ortho intramolecular Hbond substituents is 1. The van der Waals surface area contributed by atoms with E-state index in [4.69, 9.17) is 14.0 Å². The molecule has 1 aliphatic heterocycles. The maximum atomic E-state index is 12.6. The van der Waals surface area contributed by atoms with Gasteiger partial charge in [-0.2, -0.15) is 0 Å². The molecule has 1 aliphatic carbocycles. The summed E-state index contributed by atoms with van der Waals surface area (Å²) < 4.78 is 17.6. The number of hydrogen-bond acceptors (Lipinski definition) is 5. The third-order valence-electron chi connectivity index (χ3n) is 7.13. The monoisotopic (exact) mass is 457 g/mol. The van der Waals surface area contributed by atoms with Gasteiger partial charge in [-0.15, -0.1) is 0 Å². The Morgan fingerprint density at radius 1 is 0.941 bits per heavy atom. The van der Waals surface area contributed by atoms with Crippen LogP contribution in [-0.2, 0) is 14.0 Å². The molecule has 0 atom stereocenters. The van der Waals surface area contributed by atoms with Gasteiger partial charge in [0.05, 0.1) is 16.9 Å². The number of ether oxygens (including phenoxy) is 1. The zero-order chi connectivity index (χ0) is 24.1. The first kappa shape index (κ1) is 22.5. The molecule has 1 heterocycles. The van der Waals surface area contributed by atoms with Crippen molar-refractivity contribution in [1.29, 1.82) is 0 Å². The average molecular weight is 457 g/mol. The number of hydrogen-bond donors (Lipinski definition) is 2. The number of carbonyl (C=O) groups is 1. The molecule has 0 aromatic heterocycles. The Morgan fingerprint density at radius 2 is 1.50 bits per heavy atom. The van der Waals surface area contributed by atoms with Gasteiger partial charge in [0.1, 0.15) is 12.4 Å². The molecule has 2 N–H and O–H groups in total. The summed E-state index contributed by atoms with van der Waals surface area (Å²) in [6.45, 7) is 8.09. The molecule has 3 aromatic carbocycles. The van der Waals surface area contributed by atoms with Crippen molar-refractivity contribution in [2.75, 3.05) is 11.9 Å². The van der Waals surface area contributed by atoms with E-state index < -0.39 is 24.4 Å². The van der Waals surface area contributed by atoms with Gasteiger partial charge in [0, 0.05) is 5.92 Å². The fourth-order valence-corrected chi connectivity index (χ4v) is 4.52. The third kappa shape index (κ3) is 3.85. The van der Waals surface area contributed by atoms with Crippen LogP contribution in [0.15, 0.2) is 66.7 Å². The minimum atomic E-state index is -0.624. The van der Waals surface area contributed by atoms with Crippen LogP contribution in [0.2, 0.25) is 0 Å². The molecular weight excluding hydrogens is 429 g/mol. The summed E-state index contributed by atoms with van der Waals surface area (Å²) in [7, 11) is -0.598. The molecule has 1 saturated heterocycles. The molecule has 3 aromatic rings. The highest BCUT2D eigenvalue weighted by molar-refractivity contribution is 6.62. The van der Waals surface area contributed by atoms with Crippen LogP contribution < -0.4 is 10.8 Å². The van der Waals surface area contributed by atoms with E-state index in [1.54, 1.807) is 18.2 Å². The van der Waals surface area contributed by atoms with Crippen molar-refractivity contribution in [3.8, 4) is 16.9 Å². The normalized spacial score (nSPS) is 17.8. The van der Waals surface area contributed by atoms with Crippen LogP contribution in [0.4, 0.5) is 10.5 Å². The van der Waals surface area contributed by atoms with Gasteiger partial charge in [-0.25, -0.2) is 4.79 Å². The standard InChI is InChI=1S/C27H28BNO5/c1-26(2)27(3,4)34-28(33-26)17-13-14-23(24(30)15-17)29-25(31)32-16-22-20-11-7-5-9-18(20)19-10-6-8-12-21(19)22/h5-15,22,30H,16H2,1-4H3,(H,29,31). The van der Waals surface area contributed by atoms with Crippen LogP contribution in [0, 0.1) is 0 Å². The molecule has 2 aliphatic rings. The number of anilines is 1. The average Bonchev–Trinajstić information content (AvgIpc) is 3.23. The van der Waals surface area contributed by atoms with Crippen molar-refractivity contribution in [3.05, 3.63) is 77.9 Å². The number of phenols is 1. The van der Waals surface area contributed by atoms with Crippen LogP contribution >= 0.6 is 0 Å². The third-order valence-corrected chi connectivity index (χ3v) is 7.13. The minimum absolute atomic E-state index is 0.0301. The molecule has 34 heavy (non-hydrogen) atoms. The number of rotatable bonds is 4. The highest BCUT2D eigenvalue weighted by atomic mass is 16.7. The van der Waals surface area contributed by atoms with Crippen LogP contribution in [-0.4, -0.2) is 36.1 Å². The fourth-order valence-electron chi connectivity index (χ4n) is 4.52. The zero-order valence-corrected chi connectivity index (χ0v) is 19.8. The molecule has 1 fully saturated rings. The first-order valence-electron chi connectivity index (χ1n) is 11.5. The molecule has 5 rings (SSSR count). The number of aromatic hydroxyl groups is 1. The molecule has 0 unspecified atom stereocenters. The van der Waals surface area contributed by atoms with Crippen LogP contribution in [0.3, 0.4) is 0 Å². The van der Waals surface area contributed by atoms with Crippen molar-refractivity contribution < 1.29 is 23.9 Å². The van der Waals surface area contributed by atoms with Crippen LogP contribution in [0.5, 0.6) is 5.75 Å². The van der Waals surface area contributed by atoms with E-state index in [0.29, 0.717) is 5.46 Å². The molecule has 6 nitrogen and oxygen atoms in total. The quantitative estimate of drug-likeness (QED) is 0.424. The van der Waals surface area contributed by atoms with E-state index in [1.165, 1.54) is 11.1 Å². The molecular formula is C27H28BNO5. The van der Waals surface area contributed by atoms with Gasteiger partial charge >= 0.3 is 13.2 Å². The second kappa shape index (κ2) is 8.18.